The summed E-state index contributed by atoms with van der Waals surface area (Å²) in [5.41, 5.74) is 7.98. The highest BCUT2D eigenvalue weighted by Gasteiger charge is 2.25. The SMILES string of the molecule is CC(N)c1cc2cccc(Cl)c2nc1N1CCN(C(=O)N(C)C)CC1.Cl. The Kier molecular flexibility index (Phi) is 6.55. The van der Waals surface area contributed by atoms with E-state index in [1.807, 2.05) is 30.0 Å². The molecule has 2 N–H and O–H groups in total. The number of nitrogens with two attached hydrogens (primary N) is 1. The molecule has 2 aromatic rings. The van der Waals surface area contributed by atoms with Gasteiger partial charge in [0, 0.05) is 57.3 Å². The smallest absolute Gasteiger partial charge is 0.319 e. The lowest BCUT2D eigenvalue weighted by atomic mass is 10.1. The van der Waals surface area contributed by atoms with E-state index in [1.165, 1.54) is 0 Å². The van der Waals surface area contributed by atoms with Crippen LogP contribution in [-0.2, 0) is 0 Å². The van der Waals surface area contributed by atoms with Crippen molar-refractivity contribution in [1.29, 1.82) is 0 Å². The summed E-state index contributed by atoms with van der Waals surface area (Å²) in [6.45, 7) is 4.74. The van der Waals surface area contributed by atoms with Crippen LogP contribution in [-0.4, -0.2) is 61.1 Å². The number of carbonyl (C=O) groups is 1. The number of amides is 2. The van der Waals surface area contributed by atoms with Gasteiger partial charge in [0.2, 0.25) is 0 Å². The Balaban J connectivity index is 0.00000243. The van der Waals surface area contributed by atoms with Gasteiger partial charge in [0.25, 0.3) is 0 Å². The maximum Gasteiger partial charge on any atom is 0.319 e. The molecule has 1 aliphatic heterocycles. The Labute approximate surface area is 165 Å². The minimum absolute atomic E-state index is 0. The molecule has 1 aromatic carbocycles. The van der Waals surface area contributed by atoms with Crippen LogP contribution in [0.2, 0.25) is 5.02 Å². The number of carbonyl (C=O) groups excluding carboxylic acids is 1. The lowest BCUT2D eigenvalue weighted by Gasteiger charge is -2.37. The first-order valence-electron chi connectivity index (χ1n) is 8.44. The Morgan fingerprint density at radius 3 is 2.50 bits per heavy atom. The number of para-hydroxylation sites is 1. The molecule has 0 spiro atoms. The van der Waals surface area contributed by atoms with Crippen molar-refractivity contribution >= 4 is 46.8 Å². The van der Waals surface area contributed by atoms with Crippen LogP contribution >= 0.6 is 24.0 Å². The third kappa shape index (κ3) is 3.98. The molecule has 1 aromatic heterocycles. The van der Waals surface area contributed by atoms with Crippen LogP contribution in [0.1, 0.15) is 18.5 Å². The quantitative estimate of drug-likeness (QED) is 0.844. The molecule has 1 unspecified atom stereocenters. The molecule has 6 nitrogen and oxygen atoms in total. The van der Waals surface area contributed by atoms with Gasteiger partial charge in [-0.05, 0) is 19.1 Å². The van der Waals surface area contributed by atoms with Crippen molar-refractivity contribution in [3.8, 4) is 0 Å². The molecule has 8 heteroatoms. The average molecular weight is 398 g/mol. The molecule has 1 saturated heterocycles. The van der Waals surface area contributed by atoms with Crippen LogP contribution in [0.5, 0.6) is 0 Å². The largest absolute Gasteiger partial charge is 0.353 e. The number of rotatable bonds is 2. The van der Waals surface area contributed by atoms with E-state index < -0.39 is 0 Å². The highest BCUT2D eigenvalue weighted by atomic mass is 35.5. The molecule has 0 radical (unpaired) electrons. The van der Waals surface area contributed by atoms with Gasteiger partial charge in [-0.2, -0.15) is 0 Å². The zero-order valence-corrected chi connectivity index (χ0v) is 16.8. The molecule has 2 heterocycles. The van der Waals surface area contributed by atoms with Crippen LogP contribution in [0.3, 0.4) is 0 Å². The second kappa shape index (κ2) is 8.29. The molecular formula is C18H25Cl2N5O. The maximum absolute atomic E-state index is 12.1. The van der Waals surface area contributed by atoms with Crippen molar-refractivity contribution in [1.82, 2.24) is 14.8 Å². The molecule has 26 heavy (non-hydrogen) atoms. The van der Waals surface area contributed by atoms with Gasteiger partial charge < -0.3 is 20.4 Å². The third-order valence-electron chi connectivity index (χ3n) is 4.53. The van der Waals surface area contributed by atoms with Gasteiger partial charge in [-0.15, -0.1) is 12.4 Å². The molecule has 1 fully saturated rings. The minimum atomic E-state index is -0.132. The van der Waals surface area contributed by atoms with Crippen molar-refractivity contribution in [3.63, 3.8) is 0 Å². The summed E-state index contributed by atoms with van der Waals surface area (Å²) < 4.78 is 0. The number of hydrogen-bond donors (Lipinski definition) is 1. The monoisotopic (exact) mass is 397 g/mol. The van der Waals surface area contributed by atoms with Crippen molar-refractivity contribution < 1.29 is 4.79 Å². The molecule has 2 amide bonds. The molecule has 0 saturated carbocycles. The molecule has 0 bridgehead atoms. The van der Waals surface area contributed by atoms with Crippen molar-refractivity contribution in [3.05, 3.63) is 34.9 Å². The zero-order chi connectivity index (χ0) is 18.1. The number of piperazine rings is 1. The van der Waals surface area contributed by atoms with Crippen LogP contribution in [0.25, 0.3) is 10.9 Å². The second-order valence-corrected chi connectivity index (χ2v) is 7.06. The van der Waals surface area contributed by atoms with Gasteiger partial charge in [0.1, 0.15) is 5.82 Å². The molecule has 0 aliphatic carbocycles. The fourth-order valence-corrected chi connectivity index (χ4v) is 3.37. The van der Waals surface area contributed by atoms with Gasteiger partial charge in [0.15, 0.2) is 0 Å². The van der Waals surface area contributed by atoms with Crippen molar-refractivity contribution in [2.75, 3.05) is 45.2 Å². The topological polar surface area (TPSA) is 65.7 Å². The van der Waals surface area contributed by atoms with Crippen molar-refractivity contribution in [2.45, 2.75) is 13.0 Å². The number of fused-ring (bicyclic) bond motifs is 1. The predicted molar refractivity (Wildman–Crippen MR) is 109 cm³/mol. The first-order chi connectivity index (χ1) is 11.9. The summed E-state index contributed by atoms with van der Waals surface area (Å²) >= 11 is 6.33. The van der Waals surface area contributed by atoms with E-state index >= 15 is 0 Å². The summed E-state index contributed by atoms with van der Waals surface area (Å²) in [5, 5.41) is 1.63. The van der Waals surface area contributed by atoms with Gasteiger partial charge in [0.05, 0.1) is 10.5 Å². The summed E-state index contributed by atoms with van der Waals surface area (Å²) in [7, 11) is 3.55. The fraction of sp³-hybridized carbons (Fsp3) is 0.444. The van der Waals surface area contributed by atoms with Gasteiger partial charge in [-0.25, -0.2) is 9.78 Å². The van der Waals surface area contributed by atoms with E-state index in [0.29, 0.717) is 18.1 Å². The van der Waals surface area contributed by atoms with Crippen LogP contribution < -0.4 is 10.6 Å². The molecule has 142 valence electrons. The molecule has 1 atom stereocenters. The van der Waals surface area contributed by atoms with Gasteiger partial charge >= 0.3 is 6.03 Å². The number of nitrogens with zero attached hydrogens (tertiary/aromatic N) is 4. The van der Waals surface area contributed by atoms with E-state index in [2.05, 4.69) is 11.0 Å². The Morgan fingerprint density at radius 1 is 1.27 bits per heavy atom. The highest BCUT2D eigenvalue weighted by Crippen LogP contribution is 2.31. The first-order valence-corrected chi connectivity index (χ1v) is 8.82. The van der Waals surface area contributed by atoms with E-state index in [1.54, 1.807) is 19.0 Å². The van der Waals surface area contributed by atoms with E-state index in [0.717, 1.165) is 35.4 Å². The summed E-state index contributed by atoms with van der Waals surface area (Å²) in [6.07, 6.45) is 0. The normalized spacial score (nSPS) is 15.6. The average Bonchev–Trinajstić information content (AvgIpc) is 2.60. The van der Waals surface area contributed by atoms with Crippen LogP contribution in [0, 0.1) is 0 Å². The molecule has 1 aliphatic rings. The fourth-order valence-electron chi connectivity index (χ4n) is 3.15. The summed E-state index contributed by atoms with van der Waals surface area (Å²) in [6, 6.07) is 7.75. The Bertz CT molecular complexity index is 788. The number of pyridine rings is 1. The number of hydrogen-bond acceptors (Lipinski definition) is 4. The van der Waals surface area contributed by atoms with Crippen LogP contribution in [0.4, 0.5) is 10.6 Å². The summed E-state index contributed by atoms with van der Waals surface area (Å²) in [4.78, 5) is 22.6. The standard InChI is InChI=1S/C18H24ClN5O.ClH/c1-12(20)14-11-13-5-4-6-15(19)16(13)21-17(14)23-7-9-24(10-8-23)18(25)22(2)3;/h4-6,11-12H,7-10,20H2,1-3H3;1H. The summed E-state index contributed by atoms with van der Waals surface area (Å²) in [5.74, 6) is 0.868. The minimum Gasteiger partial charge on any atom is -0.353 e. The maximum atomic E-state index is 12.1. The third-order valence-corrected chi connectivity index (χ3v) is 4.83. The van der Waals surface area contributed by atoms with E-state index in [9.17, 15) is 4.79 Å². The van der Waals surface area contributed by atoms with Crippen LogP contribution in [0.15, 0.2) is 24.3 Å². The van der Waals surface area contributed by atoms with Crippen molar-refractivity contribution in [2.24, 2.45) is 5.73 Å². The Morgan fingerprint density at radius 2 is 1.92 bits per heavy atom. The van der Waals surface area contributed by atoms with E-state index in [-0.39, 0.29) is 24.5 Å². The Hall–Kier alpha value is -1.76. The molecular weight excluding hydrogens is 373 g/mol. The lowest BCUT2D eigenvalue weighted by Crippen LogP contribution is -2.52. The second-order valence-electron chi connectivity index (χ2n) is 6.65. The predicted octanol–water partition coefficient (Wildman–Crippen LogP) is 3.13. The lowest BCUT2D eigenvalue weighted by molar-refractivity contribution is 0.168. The van der Waals surface area contributed by atoms with Gasteiger partial charge in [-0.1, -0.05) is 23.7 Å². The zero-order valence-electron chi connectivity index (χ0n) is 15.3. The van der Waals surface area contributed by atoms with Gasteiger partial charge in [-0.3, -0.25) is 0 Å². The van der Waals surface area contributed by atoms with E-state index in [4.69, 9.17) is 22.3 Å². The number of benzene rings is 1. The highest BCUT2D eigenvalue weighted by molar-refractivity contribution is 6.35. The number of urea groups is 1. The number of anilines is 1. The number of halogens is 2. The number of aromatic nitrogens is 1. The molecule has 3 rings (SSSR count). The first kappa shape index (κ1) is 20.6.